The molecule has 5 rings (SSSR count). The van der Waals surface area contributed by atoms with Gasteiger partial charge < -0.3 is 9.64 Å². The standard InChI is InChI=1S/C23H23N3O3S/c1-23(14-16-6-2-3-7-17(16)21(27)29-23)22(28)26-12-10-25(11-13-26)15-20-24-18-8-4-5-9-19(18)30-20/h2-9H,10-15H2,1H3. The number of para-hydroxylation sites is 1. The average Bonchev–Trinajstić information content (AvgIpc) is 3.16. The third-order valence-corrected chi connectivity index (χ3v) is 6.91. The highest BCUT2D eigenvalue weighted by Gasteiger charge is 2.45. The zero-order valence-electron chi connectivity index (χ0n) is 16.8. The van der Waals surface area contributed by atoms with Crippen LogP contribution in [0.1, 0.15) is 27.9 Å². The van der Waals surface area contributed by atoms with E-state index in [1.807, 2.05) is 41.3 Å². The van der Waals surface area contributed by atoms with Crippen molar-refractivity contribution in [1.29, 1.82) is 0 Å². The molecule has 0 bridgehead atoms. The number of thiazole rings is 1. The van der Waals surface area contributed by atoms with E-state index in [-0.39, 0.29) is 5.91 Å². The van der Waals surface area contributed by atoms with Crippen molar-refractivity contribution < 1.29 is 14.3 Å². The molecule has 1 amide bonds. The molecule has 154 valence electrons. The molecule has 1 atom stereocenters. The lowest BCUT2D eigenvalue weighted by Gasteiger charge is -2.40. The summed E-state index contributed by atoms with van der Waals surface area (Å²) in [5.41, 5.74) is 1.34. The second kappa shape index (κ2) is 7.49. The number of ether oxygens (including phenoxy) is 1. The van der Waals surface area contributed by atoms with E-state index in [9.17, 15) is 9.59 Å². The Labute approximate surface area is 179 Å². The molecule has 3 heterocycles. The van der Waals surface area contributed by atoms with Crippen LogP contribution >= 0.6 is 11.3 Å². The summed E-state index contributed by atoms with van der Waals surface area (Å²) in [6.45, 7) is 5.33. The van der Waals surface area contributed by atoms with Crippen LogP contribution in [0.25, 0.3) is 10.2 Å². The minimum atomic E-state index is -1.14. The van der Waals surface area contributed by atoms with Crippen molar-refractivity contribution >= 4 is 33.4 Å². The fourth-order valence-corrected chi connectivity index (χ4v) is 5.28. The molecule has 2 aliphatic rings. The number of carbonyl (C=O) groups excluding carboxylic acids is 2. The van der Waals surface area contributed by atoms with Crippen LogP contribution in [0.2, 0.25) is 0 Å². The predicted molar refractivity (Wildman–Crippen MR) is 115 cm³/mol. The number of hydrogen-bond acceptors (Lipinski definition) is 6. The molecule has 2 aromatic carbocycles. The van der Waals surface area contributed by atoms with Crippen molar-refractivity contribution in [1.82, 2.24) is 14.8 Å². The molecule has 0 aliphatic carbocycles. The first-order chi connectivity index (χ1) is 14.5. The molecule has 1 aromatic heterocycles. The van der Waals surface area contributed by atoms with Gasteiger partial charge in [-0.2, -0.15) is 0 Å². The Bertz CT molecular complexity index is 1090. The van der Waals surface area contributed by atoms with Crippen LogP contribution in [0.5, 0.6) is 0 Å². The molecule has 3 aromatic rings. The molecule has 2 aliphatic heterocycles. The normalized spacial score (nSPS) is 22.0. The van der Waals surface area contributed by atoms with Gasteiger partial charge in [0.2, 0.25) is 0 Å². The van der Waals surface area contributed by atoms with Gasteiger partial charge in [-0.05, 0) is 30.7 Å². The fourth-order valence-electron chi connectivity index (χ4n) is 4.27. The molecule has 7 heteroatoms. The van der Waals surface area contributed by atoms with E-state index in [1.165, 1.54) is 4.70 Å². The Morgan fingerprint density at radius 2 is 1.83 bits per heavy atom. The summed E-state index contributed by atoms with van der Waals surface area (Å²) in [5.74, 6) is -0.521. The smallest absolute Gasteiger partial charge is 0.339 e. The molecular weight excluding hydrogens is 398 g/mol. The van der Waals surface area contributed by atoms with Gasteiger partial charge in [-0.1, -0.05) is 30.3 Å². The number of benzene rings is 2. The Hall–Kier alpha value is -2.77. The van der Waals surface area contributed by atoms with E-state index >= 15 is 0 Å². The van der Waals surface area contributed by atoms with Crippen LogP contribution in [0.4, 0.5) is 0 Å². The Kier molecular flexibility index (Phi) is 4.79. The number of piperazine rings is 1. The Morgan fingerprint density at radius 3 is 2.63 bits per heavy atom. The third kappa shape index (κ3) is 3.48. The van der Waals surface area contributed by atoms with Crippen LogP contribution in [0, 0.1) is 0 Å². The first-order valence-electron chi connectivity index (χ1n) is 10.2. The zero-order chi connectivity index (χ0) is 20.7. The van der Waals surface area contributed by atoms with Crippen molar-refractivity contribution in [3.05, 3.63) is 64.7 Å². The second-order valence-electron chi connectivity index (χ2n) is 8.10. The molecule has 0 N–H and O–H groups in total. The maximum Gasteiger partial charge on any atom is 0.339 e. The summed E-state index contributed by atoms with van der Waals surface area (Å²) < 4.78 is 6.82. The molecule has 30 heavy (non-hydrogen) atoms. The van der Waals surface area contributed by atoms with Crippen LogP contribution in [0.3, 0.4) is 0 Å². The molecule has 0 saturated carbocycles. The molecule has 1 saturated heterocycles. The van der Waals surface area contributed by atoms with Gasteiger partial charge in [-0.3, -0.25) is 9.69 Å². The quantitative estimate of drug-likeness (QED) is 0.608. The molecule has 0 spiro atoms. The van der Waals surface area contributed by atoms with Crippen molar-refractivity contribution in [3.8, 4) is 0 Å². The predicted octanol–water partition coefficient (Wildman–Crippen LogP) is 3.11. The lowest BCUT2D eigenvalue weighted by Crippen LogP contribution is -2.57. The van der Waals surface area contributed by atoms with Gasteiger partial charge in [0.1, 0.15) is 5.01 Å². The van der Waals surface area contributed by atoms with E-state index in [1.54, 1.807) is 24.3 Å². The van der Waals surface area contributed by atoms with Gasteiger partial charge in [0.15, 0.2) is 5.60 Å². The van der Waals surface area contributed by atoms with E-state index in [2.05, 4.69) is 11.0 Å². The summed E-state index contributed by atoms with van der Waals surface area (Å²) >= 11 is 1.72. The molecule has 1 fully saturated rings. The van der Waals surface area contributed by atoms with Crippen molar-refractivity contribution in [2.24, 2.45) is 0 Å². The van der Waals surface area contributed by atoms with Crippen LogP contribution in [-0.2, 0) is 22.5 Å². The highest BCUT2D eigenvalue weighted by atomic mass is 32.1. The van der Waals surface area contributed by atoms with Gasteiger partial charge in [-0.25, -0.2) is 9.78 Å². The second-order valence-corrected chi connectivity index (χ2v) is 9.21. The number of hydrogen-bond donors (Lipinski definition) is 0. The van der Waals surface area contributed by atoms with Gasteiger partial charge in [-0.15, -0.1) is 11.3 Å². The van der Waals surface area contributed by atoms with Crippen LogP contribution in [-0.4, -0.2) is 58.4 Å². The summed E-state index contributed by atoms with van der Waals surface area (Å²) in [7, 11) is 0. The topological polar surface area (TPSA) is 62.7 Å². The van der Waals surface area contributed by atoms with Crippen LogP contribution < -0.4 is 0 Å². The maximum absolute atomic E-state index is 13.2. The molecule has 1 unspecified atom stereocenters. The molecular formula is C23H23N3O3S. The number of nitrogens with zero attached hydrogens (tertiary/aromatic N) is 3. The SMILES string of the molecule is CC1(C(=O)N2CCN(Cc3nc4ccccc4s3)CC2)Cc2ccccc2C(=O)O1. The highest BCUT2D eigenvalue weighted by Crippen LogP contribution is 2.30. The van der Waals surface area contributed by atoms with E-state index in [4.69, 9.17) is 9.72 Å². The largest absolute Gasteiger partial charge is 0.445 e. The minimum absolute atomic E-state index is 0.106. The number of rotatable bonds is 3. The number of amides is 1. The Balaban J connectivity index is 1.23. The third-order valence-electron chi connectivity index (χ3n) is 5.89. The molecule has 6 nitrogen and oxygen atoms in total. The highest BCUT2D eigenvalue weighted by molar-refractivity contribution is 7.18. The molecule has 0 radical (unpaired) electrons. The number of carbonyl (C=O) groups is 2. The average molecular weight is 422 g/mol. The number of esters is 1. The zero-order valence-corrected chi connectivity index (χ0v) is 17.7. The van der Waals surface area contributed by atoms with Gasteiger partial charge in [0, 0.05) is 32.6 Å². The summed E-state index contributed by atoms with van der Waals surface area (Å²) in [4.78, 5) is 34.5. The van der Waals surface area contributed by atoms with Gasteiger partial charge >= 0.3 is 5.97 Å². The van der Waals surface area contributed by atoms with E-state index in [0.29, 0.717) is 25.1 Å². The fraction of sp³-hybridized carbons (Fsp3) is 0.348. The van der Waals surface area contributed by atoms with Crippen molar-refractivity contribution in [2.45, 2.75) is 25.5 Å². The van der Waals surface area contributed by atoms with E-state index in [0.717, 1.165) is 35.7 Å². The van der Waals surface area contributed by atoms with Gasteiger partial charge in [0.25, 0.3) is 5.91 Å². The lowest BCUT2D eigenvalue weighted by molar-refractivity contribution is -0.153. The van der Waals surface area contributed by atoms with E-state index < -0.39 is 11.6 Å². The number of cyclic esters (lactones) is 1. The van der Waals surface area contributed by atoms with Gasteiger partial charge in [0.05, 0.1) is 22.3 Å². The first kappa shape index (κ1) is 19.2. The maximum atomic E-state index is 13.2. The van der Waals surface area contributed by atoms with Crippen LogP contribution in [0.15, 0.2) is 48.5 Å². The minimum Gasteiger partial charge on any atom is -0.445 e. The Morgan fingerprint density at radius 1 is 1.10 bits per heavy atom. The first-order valence-corrected chi connectivity index (χ1v) is 11.0. The summed E-state index contributed by atoms with van der Waals surface area (Å²) in [6.07, 6.45) is 0.416. The monoisotopic (exact) mass is 421 g/mol. The summed E-state index contributed by atoms with van der Waals surface area (Å²) in [5, 5.41) is 1.10. The number of fused-ring (bicyclic) bond motifs is 2. The van der Waals surface area contributed by atoms with Crippen molar-refractivity contribution in [2.75, 3.05) is 26.2 Å². The number of aromatic nitrogens is 1. The van der Waals surface area contributed by atoms with Crippen molar-refractivity contribution in [3.63, 3.8) is 0 Å². The lowest BCUT2D eigenvalue weighted by atomic mass is 9.88. The summed E-state index contributed by atoms with van der Waals surface area (Å²) in [6, 6.07) is 15.5.